The van der Waals surface area contributed by atoms with E-state index >= 15 is 0 Å². The average molecular weight is 213 g/mol. The predicted molar refractivity (Wildman–Crippen MR) is 68.5 cm³/mol. The highest BCUT2D eigenvalue weighted by atomic mass is 15.1. The van der Waals surface area contributed by atoms with Gasteiger partial charge in [0, 0.05) is 6.54 Å². The predicted octanol–water partition coefficient (Wildman–Crippen LogP) is 3.07. The van der Waals surface area contributed by atoms with Crippen molar-refractivity contribution < 1.29 is 0 Å². The quantitative estimate of drug-likeness (QED) is 0.640. The largest absolute Gasteiger partial charge is 0.302 e. The minimum absolute atomic E-state index is 0.367. The van der Waals surface area contributed by atoms with Crippen LogP contribution in [-0.2, 0) is 5.41 Å². The van der Waals surface area contributed by atoms with Crippen LogP contribution >= 0.6 is 0 Å². The Kier molecular flexibility index (Phi) is 2.18. The molecule has 2 aliphatic rings. The zero-order valence-corrected chi connectivity index (χ0v) is 10.2. The zero-order valence-electron chi connectivity index (χ0n) is 10.2. The van der Waals surface area contributed by atoms with Crippen molar-refractivity contribution in [2.24, 2.45) is 0 Å². The molecule has 0 radical (unpaired) electrons. The standard InChI is InChI=1S/C15H19N/c1-15-7-8-16(2)11-12(10-15)9-13-5-3-4-6-14(13)15/h3-6,9H,7-8,10-11H2,1-2H3. The summed E-state index contributed by atoms with van der Waals surface area (Å²) in [5, 5.41) is 0. The Morgan fingerprint density at radius 1 is 1.25 bits per heavy atom. The van der Waals surface area contributed by atoms with E-state index in [9.17, 15) is 0 Å². The first-order valence-electron chi connectivity index (χ1n) is 6.15. The summed E-state index contributed by atoms with van der Waals surface area (Å²) in [5.74, 6) is 0. The second-order valence-electron chi connectivity index (χ2n) is 5.62. The highest BCUT2D eigenvalue weighted by Crippen LogP contribution is 2.42. The SMILES string of the molecule is CN1CCC2(C)CC(=Cc3ccccc32)C1. The van der Waals surface area contributed by atoms with Gasteiger partial charge in [-0.15, -0.1) is 0 Å². The lowest BCUT2D eigenvalue weighted by Crippen LogP contribution is -2.26. The molecule has 1 heterocycles. The Morgan fingerprint density at radius 2 is 2.06 bits per heavy atom. The van der Waals surface area contributed by atoms with E-state index in [0.717, 1.165) is 6.54 Å². The van der Waals surface area contributed by atoms with Gasteiger partial charge in [0.2, 0.25) is 0 Å². The summed E-state index contributed by atoms with van der Waals surface area (Å²) in [6, 6.07) is 8.91. The third kappa shape index (κ3) is 1.51. The second kappa shape index (κ2) is 3.46. The highest BCUT2D eigenvalue weighted by Gasteiger charge is 2.34. The van der Waals surface area contributed by atoms with Crippen LogP contribution in [0.2, 0.25) is 0 Å². The topological polar surface area (TPSA) is 3.24 Å². The number of hydrogen-bond donors (Lipinski definition) is 0. The maximum absolute atomic E-state index is 2.45. The number of likely N-dealkylation sites (tertiary alicyclic amines) is 1. The van der Waals surface area contributed by atoms with E-state index < -0.39 is 0 Å². The van der Waals surface area contributed by atoms with Gasteiger partial charge in [-0.25, -0.2) is 0 Å². The maximum atomic E-state index is 2.45. The first-order valence-corrected chi connectivity index (χ1v) is 6.15. The maximum Gasteiger partial charge on any atom is 0.0193 e. The van der Waals surface area contributed by atoms with Crippen molar-refractivity contribution >= 4 is 6.08 Å². The lowest BCUT2D eigenvalue weighted by Gasteiger charge is -2.33. The summed E-state index contributed by atoms with van der Waals surface area (Å²) in [7, 11) is 2.23. The van der Waals surface area contributed by atoms with Gasteiger partial charge in [0.1, 0.15) is 0 Å². The lowest BCUT2D eigenvalue weighted by atomic mass is 9.70. The van der Waals surface area contributed by atoms with Gasteiger partial charge in [-0.3, -0.25) is 0 Å². The molecule has 1 aromatic rings. The monoisotopic (exact) mass is 213 g/mol. The molecule has 1 nitrogen and oxygen atoms in total. The van der Waals surface area contributed by atoms with Gasteiger partial charge < -0.3 is 4.90 Å². The van der Waals surface area contributed by atoms with E-state index in [0.29, 0.717) is 5.41 Å². The van der Waals surface area contributed by atoms with Gasteiger partial charge in [-0.05, 0) is 43.0 Å². The molecule has 1 aliphatic carbocycles. The number of nitrogens with zero attached hydrogens (tertiary/aromatic N) is 1. The summed E-state index contributed by atoms with van der Waals surface area (Å²) in [6.07, 6.45) is 4.92. The average Bonchev–Trinajstić information content (AvgIpc) is 2.37. The van der Waals surface area contributed by atoms with Crippen LogP contribution in [0, 0.1) is 0 Å². The van der Waals surface area contributed by atoms with Crippen LogP contribution in [0.4, 0.5) is 0 Å². The van der Waals surface area contributed by atoms with Gasteiger partial charge >= 0.3 is 0 Å². The smallest absolute Gasteiger partial charge is 0.0193 e. The third-order valence-electron chi connectivity index (χ3n) is 4.11. The third-order valence-corrected chi connectivity index (χ3v) is 4.11. The van der Waals surface area contributed by atoms with Crippen molar-refractivity contribution in [3.05, 3.63) is 41.0 Å². The van der Waals surface area contributed by atoms with Crippen molar-refractivity contribution in [1.29, 1.82) is 0 Å². The molecule has 2 bridgehead atoms. The van der Waals surface area contributed by atoms with Crippen LogP contribution in [0.25, 0.3) is 6.08 Å². The molecule has 1 fully saturated rings. The van der Waals surface area contributed by atoms with Crippen LogP contribution in [0.5, 0.6) is 0 Å². The first kappa shape index (κ1) is 10.1. The van der Waals surface area contributed by atoms with Crippen LogP contribution in [-0.4, -0.2) is 25.0 Å². The Hall–Kier alpha value is -1.08. The van der Waals surface area contributed by atoms with Crippen molar-refractivity contribution in [1.82, 2.24) is 4.90 Å². The number of benzene rings is 1. The molecule has 0 N–H and O–H groups in total. The Bertz CT molecular complexity index is 447. The fourth-order valence-corrected chi connectivity index (χ4v) is 3.23. The molecule has 0 aromatic heterocycles. The zero-order chi connectivity index (χ0) is 11.2. The molecule has 1 heteroatoms. The molecular weight excluding hydrogens is 194 g/mol. The second-order valence-corrected chi connectivity index (χ2v) is 5.62. The summed E-state index contributed by atoms with van der Waals surface area (Å²) in [6.45, 7) is 4.78. The molecule has 1 atom stereocenters. The molecule has 0 amide bonds. The van der Waals surface area contributed by atoms with Gasteiger partial charge in [0.15, 0.2) is 0 Å². The van der Waals surface area contributed by atoms with Gasteiger partial charge in [0.05, 0.1) is 0 Å². The van der Waals surface area contributed by atoms with Crippen molar-refractivity contribution in [2.75, 3.05) is 20.1 Å². The van der Waals surface area contributed by atoms with Crippen molar-refractivity contribution in [2.45, 2.75) is 25.2 Å². The van der Waals surface area contributed by atoms with E-state index in [2.05, 4.69) is 49.2 Å². The van der Waals surface area contributed by atoms with Crippen LogP contribution in [0.1, 0.15) is 30.9 Å². The Morgan fingerprint density at radius 3 is 2.94 bits per heavy atom. The highest BCUT2D eigenvalue weighted by molar-refractivity contribution is 5.63. The Labute approximate surface area is 97.8 Å². The van der Waals surface area contributed by atoms with Gasteiger partial charge in [-0.2, -0.15) is 0 Å². The van der Waals surface area contributed by atoms with Crippen LogP contribution in [0.3, 0.4) is 0 Å². The number of fused-ring (bicyclic) bond motifs is 4. The van der Waals surface area contributed by atoms with Gasteiger partial charge in [0.25, 0.3) is 0 Å². The minimum atomic E-state index is 0.367. The number of likely N-dealkylation sites (N-methyl/N-ethyl adjacent to an activating group) is 1. The fourth-order valence-electron chi connectivity index (χ4n) is 3.23. The first-order chi connectivity index (χ1) is 7.67. The molecular formula is C15H19N. The van der Waals surface area contributed by atoms with E-state index in [1.165, 1.54) is 24.9 Å². The normalized spacial score (nSPS) is 29.2. The molecule has 1 aromatic carbocycles. The molecule has 84 valence electrons. The van der Waals surface area contributed by atoms with Crippen LogP contribution < -0.4 is 0 Å². The summed E-state index contributed by atoms with van der Waals surface area (Å²) in [4.78, 5) is 2.45. The van der Waals surface area contributed by atoms with E-state index in [-0.39, 0.29) is 0 Å². The molecule has 16 heavy (non-hydrogen) atoms. The Balaban J connectivity index is 2.15. The summed E-state index contributed by atoms with van der Waals surface area (Å²) < 4.78 is 0. The molecule has 1 aliphatic heterocycles. The van der Waals surface area contributed by atoms with Gasteiger partial charge in [-0.1, -0.05) is 42.8 Å². The summed E-state index contributed by atoms with van der Waals surface area (Å²) in [5.41, 5.74) is 4.96. The van der Waals surface area contributed by atoms with Crippen molar-refractivity contribution in [3.8, 4) is 0 Å². The summed E-state index contributed by atoms with van der Waals surface area (Å²) >= 11 is 0. The minimum Gasteiger partial charge on any atom is -0.302 e. The number of hydrogen-bond acceptors (Lipinski definition) is 1. The fraction of sp³-hybridized carbons (Fsp3) is 0.467. The molecule has 0 saturated carbocycles. The van der Waals surface area contributed by atoms with E-state index in [1.54, 1.807) is 11.1 Å². The number of rotatable bonds is 0. The lowest BCUT2D eigenvalue weighted by molar-refractivity contribution is 0.340. The molecule has 3 rings (SSSR count). The van der Waals surface area contributed by atoms with Crippen LogP contribution in [0.15, 0.2) is 29.8 Å². The molecule has 1 saturated heterocycles. The van der Waals surface area contributed by atoms with E-state index in [1.807, 2.05) is 0 Å². The molecule has 0 spiro atoms. The van der Waals surface area contributed by atoms with E-state index in [4.69, 9.17) is 0 Å². The molecule has 1 unspecified atom stereocenters. The van der Waals surface area contributed by atoms with Crippen molar-refractivity contribution in [3.63, 3.8) is 0 Å².